The highest BCUT2D eigenvalue weighted by Gasteiger charge is 2.28. The van der Waals surface area contributed by atoms with Crippen molar-refractivity contribution in [1.29, 1.82) is 0 Å². The SMILES string of the molecule is CC/C=C\C/C=C\C/C=C\C/C=C\C/C=C\CCCCCCCCCCCCCCCCCCCCCCCCCCCC(=O)NC(COP(=O)(O)OCC[N+](C)(C)C)C(O)/C=C/CC/C=C/CCCCCCCCCCCCCCCCCC. The fourth-order valence-corrected chi connectivity index (χ4v) is 11.5. The van der Waals surface area contributed by atoms with Crippen LogP contribution in [0.25, 0.3) is 0 Å². The fourth-order valence-electron chi connectivity index (χ4n) is 10.7. The summed E-state index contributed by atoms with van der Waals surface area (Å²) < 4.78 is 23.8. The molecule has 0 aliphatic rings. The molecule has 0 aliphatic heterocycles. The van der Waals surface area contributed by atoms with Gasteiger partial charge < -0.3 is 19.8 Å². The van der Waals surface area contributed by atoms with Crippen LogP contribution in [0.1, 0.15) is 341 Å². The Bertz CT molecular complexity index is 1660. The van der Waals surface area contributed by atoms with E-state index in [1.807, 2.05) is 27.2 Å². The zero-order chi connectivity index (χ0) is 61.9. The predicted molar refractivity (Wildman–Crippen MR) is 373 cm³/mol. The lowest BCUT2D eigenvalue weighted by molar-refractivity contribution is -0.870. The number of rotatable bonds is 67. The monoisotopic (exact) mass is 1210 g/mol. The maximum atomic E-state index is 13.1. The lowest BCUT2D eigenvalue weighted by Gasteiger charge is -2.25. The number of nitrogens with one attached hydrogen (secondary N) is 1. The van der Waals surface area contributed by atoms with Gasteiger partial charge in [0.15, 0.2) is 0 Å². The molecular formula is C76H142N2O6P+. The highest BCUT2D eigenvalue weighted by Crippen LogP contribution is 2.43. The Labute approximate surface area is 528 Å². The molecule has 0 fully saturated rings. The molecule has 0 radical (unpaired) electrons. The molecule has 9 heteroatoms. The van der Waals surface area contributed by atoms with E-state index in [2.05, 4.69) is 92.1 Å². The van der Waals surface area contributed by atoms with Crippen LogP contribution in [0.3, 0.4) is 0 Å². The average molecular weight is 1210 g/mol. The number of allylic oxidation sites excluding steroid dienone is 13. The van der Waals surface area contributed by atoms with E-state index in [0.29, 0.717) is 17.4 Å². The van der Waals surface area contributed by atoms with Gasteiger partial charge in [0.05, 0.1) is 39.9 Å². The zero-order valence-corrected chi connectivity index (χ0v) is 57.7. The Morgan fingerprint density at radius 3 is 1.08 bits per heavy atom. The third-order valence-electron chi connectivity index (χ3n) is 16.3. The molecule has 1 amide bonds. The Morgan fingerprint density at radius 1 is 0.412 bits per heavy atom. The molecule has 0 saturated heterocycles. The lowest BCUT2D eigenvalue weighted by atomic mass is 10.0. The van der Waals surface area contributed by atoms with E-state index < -0.39 is 20.0 Å². The molecule has 3 unspecified atom stereocenters. The molecule has 0 aromatic heterocycles. The minimum atomic E-state index is -4.36. The van der Waals surface area contributed by atoms with Gasteiger partial charge in [-0.15, -0.1) is 0 Å². The summed E-state index contributed by atoms with van der Waals surface area (Å²) in [6.45, 7) is 4.72. The number of unbranched alkanes of at least 4 members (excludes halogenated alkanes) is 42. The Balaban J connectivity index is 3.96. The van der Waals surface area contributed by atoms with E-state index in [1.165, 1.54) is 250 Å². The van der Waals surface area contributed by atoms with E-state index in [0.717, 1.165) is 70.6 Å². The third-order valence-corrected chi connectivity index (χ3v) is 17.3. The molecule has 0 saturated carbocycles. The molecule has 0 aromatic carbocycles. The summed E-state index contributed by atoms with van der Waals surface area (Å²) in [6.07, 6.45) is 94.7. The molecule has 496 valence electrons. The first-order valence-electron chi connectivity index (χ1n) is 36.5. The van der Waals surface area contributed by atoms with Crippen molar-refractivity contribution < 1.29 is 32.9 Å². The number of amides is 1. The molecule has 0 aromatic rings. The highest BCUT2D eigenvalue weighted by atomic mass is 31.2. The Morgan fingerprint density at radius 2 is 0.718 bits per heavy atom. The topological polar surface area (TPSA) is 105 Å². The number of carbonyl (C=O) groups excluding carboxylic acids is 1. The normalized spacial score (nSPS) is 14.1. The molecular weight excluding hydrogens is 1070 g/mol. The van der Waals surface area contributed by atoms with Crippen LogP contribution in [0.2, 0.25) is 0 Å². The number of hydrogen-bond acceptors (Lipinski definition) is 5. The quantitative estimate of drug-likeness (QED) is 0.0243. The van der Waals surface area contributed by atoms with Crippen LogP contribution < -0.4 is 5.32 Å². The van der Waals surface area contributed by atoms with Crippen molar-refractivity contribution in [2.24, 2.45) is 0 Å². The van der Waals surface area contributed by atoms with E-state index in [9.17, 15) is 19.4 Å². The summed E-state index contributed by atoms with van der Waals surface area (Å²) >= 11 is 0. The smallest absolute Gasteiger partial charge is 0.387 e. The van der Waals surface area contributed by atoms with Crippen molar-refractivity contribution in [3.63, 3.8) is 0 Å². The Hall–Kier alpha value is -2.32. The van der Waals surface area contributed by atoms with Gasteiger partial charge in [-0.05, 0) is 77.0 Å². The molecule has 8 nitrogen and oxygen atoms in total. The number of nitrogens with zero attached hydrogens (tertiary/aromatic N) is 1. The molecule has 0 bridgehead atoms. The average Bonchev–Trinajstić information content (AvgIpc) is 3.48. The van der Waals surface area contributed by atoms with Crippen LogP contribution in [-0.4, -0.2) is 73.4 Å². The van der Waals surface area contributed by atoms with Gasteiger partial charge in [-0.1, -0.05) is 343 Å². The van der Waals surface area contributed by atoms with E-state index in [4.69, 9.17) is 9.05 Å². The second-order valence-corrected chi connectivity index (χ2v) is 27.4. The molecule has 0 rings (SSSR count). The number of quaternary nitrogens is 1. The predicted octanol–water partition coefficient (Wildman–Crippen LogP) is 23.5. The number of likely N-dealkylation sites (N-methyl/N-ethyl adjacent to an activating group) is 1. The second-order valence-electron chi connectivity index (χ2n) is 25.9. The van der Waals surface area contributed by atoms with Crippen LogP contribution in [0.5, 0.6) is 0 Å². The van der Waals surface area contributed by atoms with E-state index in [-0.39, 0.29) is 19.1 Å². The molecule has 0 heterocycles. The zero-order valence-electron chi connectivity index (χ0n) is 56.8. The summed E-state index contributed by atoms with van der Waals surface area (Å²) in [5, 5.41) is 14.0. The van der Waals surface area contributed by atoms with Crippen molar-refractivity contribution in [3.05, 3.63) is 85.1 Å². The van der Waals surface area contributed by atoms with Crippen LogP contribution >= 0.6 is 7.82 Å². The standard InChI is InChI=1S/C76H141N2O6P/c1-6-8-10-12-14-16-18-20-22-24-26-28-30-31-32-33-34-35-36-37-38-39-40-41-42-43-44-45-46-47-48-50-52-54-56-58-60-62-64-66-68-70-76(80)77-74(73-84-85(81,82)83-72-71-78(3,4)5)75(79)69-67-65-63-61-59-57-55-53-51-49-29-27-25-23-21-19-17-15-13-11-9-7-2/h8,10,14,16,20,22,26,28,31-32,59,61,67,69,74-75,79H,6-7,9,11-13,15,17-19,21,23-25,27,29-30,33-58,60,62-66,68,70-73H2,1-5H3,(H-,77,80,81,82)/p+1/b10-8-,16-14-,22-20-,28-26-,32-31-,61-59+,69-67+. The number of phosphoric acid groups is 1. The summed E-state index contributed by atoms with van der Waals surface area (Å²) in [6, 6.07) is -0.866. The van der Waals surface area contributed by atoms with Gasteiger partial charge in [0.1, 0.15) is 13.2 Å². The number of carbonyl (C=O) groups is 1. The number of aliphatic hydroxyl groups excluding tert-OH is 1. The van der Waals surface area contributed by atoms with Crippen molar-refractivity contribution in [2.75, 3.05) is 40.9 Å². The number of aliphatic hydroxyl groups is 1. The molecule has 3 atom stereocenters. The number of hydrogen-bond donors (Lipinski definition) is 3. The lowest BCUT2D eigenvalue weighted by Crippen LogP contribution is -2.45. The largest absolute Gasteiger partial charge is 0.472 e. The van der Waals surface area contributed by atoms with Crippen LogP contribution in [0.4, 0.5) is 0 Å². The summed E-state index contributed by atoms with van der Waals surface area (Å²) in [5.41, 5.74) is 0. The number of phosphoric ester groups is 1. The van der Waals surface area contributed by atoms with Crippen molar-refractivity contribution >= 4 is 13.7 Å². The fraction of sp³-hybridized carbons (Fsp3) is 0.803. The van der Waals surface area contributed by atoms with E-state index >= 15 is 0 Å². The van der Waals surface area contributed by atoms with Gasteiger partial charge in [-0.3, -0.25) is 13.8 Å². The maximum Gasteiger partial charge on any atom is 0.472 e. The van der Waals surface area contributed by atoms with Crippen LogP contribution in [0, 0.1) is 0 Å². The van der Waals surface area contributed by atoms with Gasteiger partial charge >= 0.3 is 7.82 Å². The van der Waals surface area contributed by atoms with E-state index in [1.54, 1.807) is 6.08 Å². The van der Waals surface area contributed by atoms with Gasteiger partial charge in [-0.25, -0.2) is 4.57 Å². The second kappa shape index (κ2) is 66.1. The van der Waals surface area contributed by atoms with Gasteiger partial charge in [0.25, 0.3) is 0 Å². The minimum absolute atomic E-state index is 0.0562. The van der Waals surface area contributed by atoms with Crippen molar-refractivity contribution in [3.8, 4) is 0 Å². The highest BCUT2D eigenvalue weighted by molar-refractivity contribution is 7.47. The van der Waals surface area contributed by atoms with Gasteiger partial charge in [0.2, 0.25) is 5.91 Å². The summed E-state index contributed by atoms with van der Waals surface area (Å²) in [5.74, 6) is -0.181. The van der Waals surface area contributed by atoms with Crippen molar-refractivity contribution in [1.82, 2.24) is 5.32 Å². The van der Waals surface area contributed by atoms with Gasteiger partial charge in [-0.2, -0.15) is 0 Å². The summed E-state index contributed by atoms with van der Waals surface area (Å²) in [7, 11) is 1.57. The molecule has 0 spiro atoms. The van der Waals surface area contributed by atoms with Gasteiger partial charge in [0, 0.05) is 6.42 Å². The maximum absolute atomic E-state index is 13.1. The first-order valence-corrected chi connectivity index (χ1v) is 38.0. The summed E-state index contributed by atoms with van der Waals surface area (Å²) in [4.78, 5) is 23.4. The Kier molecular flexibility index (Phi) is 64.3. The third kappa shape index (κ3) is 69.0. The molecule has 85 heavy (non-hydrogen) atoms. The van der Waals surface area contributed by atoms with Crippen molar-refractivity contribution in [2.45, 2.75) is 353 Å². The minimum Gasteiger partial charge on any atom is -0.387 e. The first kappa shape index (κ1) is 82.7. The van der Waals surface area contributed by atoms with Crippen LogP contribution in [-0.2, 0) is 18.4 Å². The first-order chi connectivity index (χ1) is 41.5. The van der Waals surface area contributed by atoms with Crippen LogP contribution in [0.15, 0.2) is 85.1 Å². The molecule has 3 N–H and O–H groups in total. The molecule has 0 aliphatic carbocycles.